The normalized spacial score (nSPS) is 17.2. The van der Waals surface area contributed by atoms with Crippen LogP contribution >= 0.6 is 0 Å². The van der Waals surface area contributed by atoms with E-state index in [2.05, 4.69) is 0 Å². The molecule has 2 heteroatoms. The van der Waals surface area contributed by atoms with Crippen molar-refractivity contribution in [1.82, 2.24) is 0 Å². The molecule has 0 saturated heterocycles. The lowest BCUT2D eigenvalue weighted by atomic mass is 9.70. The molecule has 2 rings (SSSR count). The lowest BCUT2D eigenvalue weighted by Crippen LogP contribution is -2.48. The van der Waals surface area contributed by atoms with Gasteiger partial charge in [0.05, 0.1) is 0 Å². The molecule has 2 atom stereocenters. The van der Waals surface area contributed by atoms with Gasteiger partial charge in [0.15, 0.2) is 0 Å². The molecule has 2 aromatic carbocycles. The highest BCUT2D eigenvalue weighted by Crippen LogP contribution is 2.45. The van der Waals surface area contributed by atoms with E-state index in [9.17, 15) is 10.2 Å². The van der Waals surface area contributed by atoms with Crippen LogP contribution in [0.3, 0.4) is 0 Å². The predicted octanol–water partition coefficient (Wildman–Crippen LogP) is 3.58. The molecule has 0 saturated carbocycles. The van der Waals surface area contributed by atoms with Crippen molar-refractivity contribution in [1.29, 1.82) is 0 Å². The van der Waals surface area contributed by atoms with Crippen molar-refractivity contribution in [2.24, 2.45) is 0 Å². The minimum atomic E-state index is -1.30. The van der Waals surface area contributed by atoms with Crippen LogP contribution in [0, 0.1) is 0 Å². The van der Waals surface area contributed by atoms with Gasteiger partial charge in [-0.2, -0.15) is 0 Å². The maximum absolute atomic E-state index is 11.2. The van der Waals surface area contributed by atoms with Gasteiger partial charge in [-0.25, -0.2) is 0 Å². The monoisotopic (exact) mass is 270 g/mol. The molecule has 2 N–H and O–H groups in total. The first kappa shape index (κ1) is 14.8. The fourth-order valence-corrected chi connectivity index (χ4v) is 2.90. The highest BCUT2D eigenvalue weighted by molar-refractivity contribution is 5.33. The SMILES string of the molecule is CC[C@@](O)(c1ccccc1)[C@](O)(CC)c1ccccc1. The Morgan fingerprint density at radius 3 is 1.20 bits per heavy atom. The van der Waals surface area contributed by atoms with Crippen molar-refractivity contribution >= 4 is 0 Å². The number of rotatable bonds is 5. The molecule has 2 aromatic rings. The molecule has 0 unspecified atom stereocenters. The van der Waals surface area contributed by atoms with Crippen LogP contribution in [0.5, 0.6) is 0 Å². The lowest BCUT2D eigenvalue weighted by Gasteiger charge is -2.43. The van der Waals surface area contributed by atoms with Crippen LogP contribution in [0.15, 0.2) is 60.7 Å². The van der Waals surface area contributed by atoms with Crippen LogP contribution in [-0.4, -0.2) is 10.2 Å². The van der Waals surface area contributed by atoms with Crippen molar-refractivity contribution < 1.29 is 10.2 Å². The molecule has 0 aromatic heterocycles. The Labute approximate surface area is 120 Å². The topological polar surface area (TPSA) is 40.5 Å². The molecule has 0 aliphatic heterocycles. The van der Waals surface area contributed by atoms with E-state index in [0.717, 1.165) is 11.1 Å². The smallest absolute Gasteiger partial charge is 0.122 e. The van der Waals surface area contributed by atoms with E-state index in [4.69, 9.17) is 0 Å². The zero-order chi connectivity index (χ0) is 14.6. The second-order valence-electron chi connectivity index (χ2n) is 5.16. The van der Waals surface area contributed by atoms with Gasteiger partial charge < -0.3 is 10.2 Å². The Morgan fingerprint density at radius 2 is 0.950 bits per heavy atom. The summed E-state index contributed by atoms with van der Waals surface area (Å²) in [5.74, 6) is 0. The summed E-state index contributed by atoms with van der Waals surface area (Å²) in [4.78, 5) is 0. The van der Waals surface area contributed by atoms with Crippen LogP contribution in [-0.2, 0) is 11.2 Å². The fraction of sp³-hybridized carbons (Fsp3) is 0.333. The Balaban J connectivity index is 2.58. The minimum absolute atomic E-state index is 0.441. The zero-order valence-corrected chi connectivity index (χ0v) is 12.1. The fourth-order valence-electron chi connectivity index (χ4n) is 2.90. The van der Waals surface area contributed by atoms with Gasteiger partial charge in [0.2, 0.25) is 0 Å². The number of aliphatic hydroxyl groups is 2. The maximum Gasteiger partial charge on any atom is 0.122 e. The van der Waals surface area contributed by atoms with Gasteiger partial charge >= 0.3 is 0 Å². The molecule has 0 aliphatic rings. The molecule has 0 aliphatic carbocycles. The van der Waals surface area contributed by atoms with E-state index in [1.807, 2.05) is 74.5 Å². The van der Waals surface area contributed by atoms with Crippen molar-refractivity contribution in [3.63, 3.8) is 0 Å². The summed E-state index contributed by atoms with van der Waals surface area (Å²) in [6, 6.07) is 18.8. The third-order valence-corrected chi connectivity index (χ3v) is 4.21. The number of hydrogen-bond donors (Lipinski definition) is 2. The van der Waals surface area contributed by atoms with Crippen molar-refractivity contribution in [3.05, 3.63) is 71.8 Å². The lowest BCUT2D eigenvalue weighted by molar-refractivity contribution is -0.169. The zero-order valence-electron chi connectivity index (χ0n) is 12.1. The summed E-state index contributed by atoms with van der Waals surface area (Å²) in [5.41, 5.74) is -1.11. The Bertz CT molecular complexity index is 486. The average Bonchev–Trinajstić information content (AvgIpc) is 2.54. The van der Waals surface area contributed by atoms with Crippen LogP contribution < -0.4 is 0 Å². The molecular weight excluding hydrogens is 248 g/mol. The molecule has 0 fully saturated rings. The molecule has 106 valence electrons. The highest BCUT2D eigenvalue weighted by atomic mass is 16.4. The number of benzene rings is 2. The second kappa shape index (κ2) is 5.78. The van der Waals surface area contributed by atoms with Crippen LogP contribution in [0.25, 0.3) is 0 Å². The number of hydrogen-bond acceptors (Lipinski definition) is 2. The first-order valence-electron chi connectivity index (χ1n) is 7.14. The van der Waals surface area contributed by atoms with Crippen molar-refractivity contribution in [2.45, 2.75) is 37.9 Å². The molecule has 0 radical (unpaired) electrons. The quantitative estimate of drug-likeness (QED) is 0.871. The van der Waals surface area contributed by atoms with E-state index in [-0.39, 0.29) is 0 Å². The Morgan fingerprint density at radius 1 is 0.650 bits per heavy atom. The molecule has 20 heavy (non-hydrogen) atoms. The molecule has 0 amide bonds. The summed E-state index contributed by atoms with van der Waals surface area (Å²) in [6.45, 7) is 3.80. The van der Waals surface area contributed by atoms with E-state index < -0.39 is 11.2 Å². The predicted molar refractivity (Wildman–Crippen MR) is 81.3 cm³/mol. The van der Waals surface area contributed by atoms with Crippen molar-refractivity contribution in [2.75, 3.05) is 0 Å². The van der Waals surface area contributed by atoms with Gasteiger partial charge in [0.25, 0.3) is 0 Å². The summed E-state index contributed by atoms with van der Waals surface area (Å²) in [7, 11) is 0. The summed E-state index contributed by atoms with van der Waals surface area (Å²) in [5, 5.41) is 22.4. The van der Waals surface area contributed by atoms with Gasteiger partial charge in [0.1, 0.15) is 11.2 Å². The minimum Gasteiger partial charge on any atom is -0.382 e. The third kappa shape index (κ3) is 2.26. The molecule has 0 heterocycles. The summed E-state index contributed by atoms with van der Waals surface area (Å²) < 4.78 is 0. The van der Waals surface area contributed by atoms with Gasteiger partial charge in [-0.1, -0.05) is 74.5 Å². The molecule has 2 nitrogen and oxygen atoms in total. The van der Waals surface area contributed by atoms with E-state index in [1.165, 1.54) is 0 Å². The Kier molecular flexibility index (Phi) is 4.26. The highest BCUT2D eigenvalue weighted by Gasteiger charge is 2.49. The molecular formula is C18H22O2. The average molecular weight is 270 g/mol. The second-order valence-corrected chi connectivity index (χ2v) is 5.16. The first-order chi connectivity index (χ1) is 9.58. The first-order valence-corrected chi connectivity index (χ1v) is 7.14. The largest absolute Gasteiger partial charge is 0.382 e. The van der Waals surface area contributed by atoms with E-state index in [0.29, 0.717) is 12.8 Å². The summed E-state index contributed by atoms with van der Waals surface area (Å²) >= 11 is 0. The van der Waals surface area contributed by atoms with Gasteiger partial charge in [-0.3, -0.25) is 0 Å². The van der Waals surface area contributed by atoms with Gasteiger partial charge in [0, 0.05) is 0 Å². The van der Waals surface area contributed by atoms with Crippen LogP contribution in [0.1, 0.15) is 37.8 Å². The maximum atomic E-state index is 11.2. The van der Waals surface area contributed by atoms with E-state index in [1.54, 1.807) is 0 Å². The Hall–Kier alpha value is -1.64. The molecule has 0 spiro atoms. The van der Waals surface area contributed by atoms with E-state index >= 15 is 0 Å². The van der Waals surface area contributed by atoms with Crippen LogP contribution in [0.4, 0.5) is 0 Å². The summed E-state index contributed by atoms with van der Waals surface area (Å²) in [6.07, 6.45) is 0.881. The van der Waals surface area contributed by atoms with Gasteiger partial charge in [-0.15, -0.1) is 0 Å². The third-order valence-electron chi connectivity index (χ3n) is 4.21. The van der Waals surface area contributed by atoms with Crippen LogP contribution in [0.2, 0.25) is 0 Å². The van der Waals surface area contributed by atoms with Gasteiger partial charge in [-0.05, 0) is 24.0 Å². The van der Waals surface area contributed by atoms with Crippen molar-refractivity contribution in [3.8, 4) is 0 Å². The standard InChI is InChI=1S/C18H22O2/c1-3-17(19,15-11-7-5-8-12-15)18(20,4-2)16-13-9-6-10-14-16/h5-14,19-20H,3-4H2,1-2H3/t17-,18+. The molecule has 0 bridgehead atoms.